The molecular weight excluding hydrogens is 182 g/mol. The lowest BCUT2D eigenvalue weighted by Gasteiger charge is -2.04. The molecule has 0 fully saturated rings. The molecule has 3 N–H and O–H groups in total. The third-order valence-corrected chi connectivity index (χ3v) is 2.07. The van der Waals surface area contributed by atoms with E-state index < -0.39 is 5.63 Å². The molecule has 0 aliphatic carbocycles. The van der Waals surface area contributed by atoms with Gasteiger partial charge in [-0.25, -0.2) is 4.79 Å². The maximum Gasteiger partial charge on any atom is 0.336 e. The van der Waals surface area contributed by atoms with Crippen LogP contribution in [0, 0.1) is 0 Å². The molecule has 0 radical (unpaired) electrons. The predicted octanol–water partition coefficient (Wildman–Crippen LogP) is 0.957. The van der Waals surface area contributed by atoms with Crippen molar-refractivity contribution in [2.75, 3.05) is 0 Å². The Bertz CT molecular complexity index is 530. The molecule has 1 heterocycles. The Balaban J connectivity index is 2.91. The topological polar surface area (TPSA) is 76.5 Å². The van der Waals surface area contributed by atoms with E-state index in [1.165, 1.54) is 12.1 Å². The van der Waals surface area contributed by atoms with E-state index in [0.29, 0.717) is 11.1 Å². The van der Waals surface area contributed by atoms with Gasteiger partial charge in [-0.05, 0) is 18.2 Å². The maximum atomic E-state index is 11.0. The number of fused-ring (bicyclic) bond motifs is 1. The van der Waals surface area contributed by atoms with Crippen LogP contribution in [0.3, 0.4) is 0 Å². The Morgan fingerprint density at radius 3 is 2.71 bits per heavy atom. The molecule has 0 aliphatic heterocycles. The van der Waals surface area contributed by atoms with Gasteiger partial charge in [0.15, 0.2) is 0 Å². The molecule has 0 atom stereocenters. The first-order valence-electron chi connectivity index (χ1n) is 4.17. The van der Waals surface area contributed by atoms with Crippen molar-refractivity contribution < 1.29 is 9.52 Å². The fourth-order valence-electron chi connectivity index (χ4n) is 1.38. The summed E-state index contributed by atoms with van der Waals surface area (Å²) < 4.78 is 4.97. The molecule has 0 spiro atoms. The van der Waals surface area contributed by atoms with Crippen molar-refractivity contribution in [2.24, 2.45) is 5.73 Å². The Labute approximate surface area is 79.6 Å². The fraction of sp³-hybridized carbons (Fsp3) is 0.100. The van der Waals surface area contributed by atoms with Crippen LogP contribution < -0.4 is 11.4 Å². The van der Waals surface area contributed by atoms with Gasteiger partial charge in [-0.15, -0.1) is 0 Å². The summed E-state index contributed by atoms with van der Waals surface area (Å²) >= 11 is 0. The third kappa shape index (κ3) is 1.25. The second-order valence-electron chi connectivity index (χ2n) is 2.94. The number of aromatic hydroxyl groups is 1. The summed E-state index contributed by atoms with van der Waals surface area (Å²) in [6.45, 7) is 0.135. The van der Waals surface area contributed by atoms with Crippen molar-refractivity contribution in [3.8, 4) is 5.75 Å². The van der Waals surface area contributed by atoms with Gasteiger partial charge < -0.3 is 15.3 Å². The highest BCUT2D eigenvalue weighted by Crippen LogP contribution is 2.25. The normalized spacial score (nSPS) is 10.6. The minimum atomic E-state index is -0.446. The third-order valence-electron chi connectivity index (χ3n) is 2.07. The van der Waals surface area contributed by atoms with Gasteiger partial charge in [0.05, 0.1) is 5.56 Å². The number of rotatable bonds is 1. The molecular formula is C10H9NO3. The average Bonchev–Trinajstić information content (AvgIpc) is 2.17. The number of benzene rings is 1. The second-order valence-corrected chi connectivity index (χ2v) is 2.94. The first kappa shape index (κ1) is 8.77. The predicted molar refractivity (Wildman–Crippen MR) is 52.0 cm³/mol. The maximum absolute atomic E-state index is 11.0. The SMILES string of the molecule is NCc1c(O)ccc2ccc(=O)oc12. The molecule has 1 aromatic carbocycles. The van der Waals surface area contributed by atoms with Crippen LogP contribution in [0.1, 0.15) is 5.56 Å². The van der Waals surface area contributed by atoms with Crippen molar-refractivity contribution in [2.45, 2.75) is 6.54 Å². The molecule has 0 unspecified atom stereocenters. The lowest BCUT2D eigenvalue weighted by atomic mass is 10.1. The van der Waals surface area contributed by atoms with Crippen LogP contribution in [0.25, 0.3) is 11.0 Å². The molecule has 0 aliphatic rings. The first-order valence-corrected chi connectivity index (χ1v) is 4.17. The lowest BCUT2D eigenvalue weighted by molar-refractivity contribution is 0.465. The Hall–Kier alpha value is -1.81. The molecule has 4 nitrogen and oxygen atoms in total. The zero-order valence-corrected chi connectivity index (χ0v) is 7.36. The Morgan fingerprint density at radius 1 is 1.29 bits per heavy atom. The van der Waals surface area contributed by atoms with Crippen LogP contribution in [-0.4, -0.2) is 5.11 Å². The summed E-state index contributed by atoms with van der Waals surface area (Å²) in [5.41, 5.74) is 5.82. The minimum Gasteiger partial charge on any atom is -0.507 e. The van der Waals surface area contributed by atoms with E-state index in [-0.39, 0.29) is 12.3 Å². The van der Waals surface area contributed by atoms with E-state index in [1.807, 2.05) is 0 Å². The van der Waals surface area contributed by atoms with Crippen LogP contribution in [0.2, 0.25) is 0 Å². The smallest absolute Gasteiger partial charge is 0.336 e. The van der Waals surface area contributed by atoms with E-state index in [0.717, 1.165) is 5.39 Å². The first-order chi connectivity index (χ1) is 6.72. The van der Waals surface area contributed by atoms with E-state index >= 15 is 0 Å². The van der Waals surface area contributed by atoms with E-state index in [9.17, 15) is 9.90 Å². The standard InChI is InChI=1S/C10H9NO3/c11-5-7-8(12)3-1-6-2-4-9(13)14-10(6)7/h1-4,12H,5,11H2. The van der Waals surface area contributed by atoms with Crippen LogP contribution in [0.15, 0.2) is 33.5 Å². The second kappa shape index (κ2) is 3.16. The Kier molecular flexibility index (Phi) is 1.98. The quantitative estimate of drug-likeness (QED) is 0.658. The summed E-state index contributed by atoms with van der Waals surface area (Å²) in [7, 11) is 0. The minimum absolute atomic E-state index is 0.0503. The molecule has 2 rings (SSSR count). The van der Waals surface area contributed by atoms with Crippen LogP contribution in [0.5, 0.6) is 5.75 Å². The van der Waals surface area contributed by atoms with Gasteiger partial charge in [-0.3, -0.25) is 0 Å². The summed E-state index contributed by atoms with van der Waals surface area (Å²) in [5, 5.41) is 10.2. The van der Waals surface area contributed by atoms with Crippen molar-refractivity contribution >= 4 is 11.0 Å². The van der Waals surface area contributed by atoms with Gasteiger partial charge >= 0.3 is 5.63 Å². The highest BCUT2D eigenvalue weighted by Gasteiger charge is 2.07. The van der Waals surface area contributed by atoms with Gasteiger partial charge in [-0.2, -0.15) is 0 Å². The molecule has 14 heavy (non-hydrogen) atoms. The van der Waals surface area contributed by atoms with Gasteiger partial charge in [0.25, 0.3) is 0 Å². The molecule has 0 saturated carbocycles. The zero-order chi connectivity index (χ0) is 10.1. The Morgan fingerprint density at radius 2 is 2.00 bits per heavy atom. The van der Waals surface area contributed by atoms with Crippen molar-refractivity contribution in [3.05, 3.63) is 40.2 Å². The molecule has 1 aromatic heterocycles. The summed E-state index contributed by atoms with van der Waals surface area (Å²) in [5.74, 6) is 0.0503. The van der Waals surface area contributed by atoms with E-state index in [4.69, 9.17) is 10.2 Å². The van der Waals surface area contributed by atoms with Crippen molar-refractivity contribution in [1.29, 1.82) is 0 Å². The largest absolute Gasteiger partial charge is 0.507 e. The number of hydrogen-bond donors (Lipinski definition) is 2. The number of nitrogens with two attached hydrogens (primary N) is 1. The average molecular weight is 191 g/mol. The van der Waals surface area contributed by atoms with Crippen LogP contribution >= 0.6 is 0 Å². The molecule has 4 heteroatoms. The number of phenols is 1. The van der Waals surface area contributed by atoms with Crippen LogP contribution in [0.4, 0.5) is 0 Å². The molecule has 72 valence electrons. The summed E-state index contributed by atoms with van der Waals surface area (Å²) in [4.78, 5) is 11.0. The fourth-order valence-corrected chi connectivity index (χ4v) is 1.38. The summed E-state index contributed by atoms with van der Waals surface area (Å²) in [6.07, 6.45) is 0. The zero-order valence-electron chi connectivity index (χ0n) is 7.36. The van der Waals surface area contributed by atoms with Crippen molar-refractivity contribution in [3.63, 3.8) is 0 Å². The van der Waals surface area contributed by atoms with E-state index in [2.05, 4.69) is 0 Å². The van der Waals surface area contributed by atoms with Gasteiger partial charge in [0, 0.05) is 18.0 Å². The van der Waals surface area contributed by atoms with Gasteiger partial charge in [-0.1, -0.05) is 0 Å². The van der Waals surface area contributed by atoms with Gasteiger partial charge in [0.2, 0.25) is 0 Å². The van der Waals surface area contributed by atoms with Crippen molar-refractivity contribution in [1.82, 2.24) is 0 Å². The van der Waals surface area contributed by atoms with Gasteiger partial charge in [0.1, 0.15) is 11.3 Å². The number of hydrogen-bond acceptors (Lipinski definition) is 4. The summed E-state index contributed by atoms with van der Waals surface area (Å²) in [6, 6.07) is 6.18. The van der Waals surface area contributed by atoms with Crippen LogP contribution in [-0.2, 0) is 6.54 Å². The highest BCUT2D eigenvalue weighted by atomic mass is 16.4. The number of phenolic OH excluding ortho intramolecular Hbond substituents is 1. The highest BCUT2D eigenvalue weighted by molar-refractivity contribution is 5.81. The molecule has 0 bridgehead atoms. The molecule has 0 amide bonds. The van der Waals surface area contributed by atoms with E-state index in [1.54, 1.807) is 12.1 Å². The molecule has 0 saturated heterocycles. The lowest BCUT2D eigenvalue weighted by Crippen LogP contribution is -2.01. The molecule has 2 aromatic rings. The monoisotopic (exact) mass is 191 g/mol.